The largest absolute Gasteiger partial charge is 0.398 e. The lowest BCUT2D eigenvalue weighted by molar-refractivity contribution is 0.678. The zero-order valence-corrected chi connectivity index (χ0v) is 47.4. The van der Waals surface area contributed by atoms with Gasteiger partial charge in [0.05, 0.1) is 0 Å². The van der Waals surface area contributed by atoms with Gasteiger partial charge in [-0.15, -0.1) is 0 Å². The first-order chi connectivity index (χ1) is 36.2. The van der Waals surface area contributed by atoms with Crippen molar-refractivity contribution < 1.29 is 0 Å². The van der Waals surface area contributed by atoms with E-state index in [4.69, 9.17) is 17.2 Å². The summed E-state index contributed by atoms with van der Waals surface area (Å²) in [6.45, 7) is 22.5. The van der Waals surface area contributed by atoms with Crippen molar-refractivity contribution in [3.05, 3.63) is 131 Å². The van der Waals surface area contributed by atoms with E-state index in [0.717, 1.165) is 171 Å². The predicted molar refractivity (Wildman–Crippen MR) is 329 cm³/mol. The van der Waals surface area contributed by atoms with Crippen LogP contribution < -0.4 is 31.9 Å². The van der Waals surface area contributed by atoms with Crippen molar-refractivity contribution in [2.24, 2.45) is 0 Å². The molecule has 74 heavy (non-hydrogen) atoms. The molecular weight excluding hydrogens is 901 g/mol. The molecule has 0 radical (unpaired) electrons. The number of hydrogen-bond acceptors (Lipinski definition) is 6. The average Bonchev–Trinajstić information content (AvgIpc) is 3.43. The van der Waals surface area contributed by atoms with E-state index in [9.17, 15) is 0 Å². The topological polar surface area (TPSA) is 87.8 Å². The molecule has 0 spiro atoms. The molecule has 0 amide bonds. The fourth-order valence-corrected chi connectivity index (χ4v) is 10.8. The lowest BCUT2D eigenvalue weighted by Crippen LogP contribution is -2.25. The van der Waals surface area contributed by atoms with E-state index in [0.29, 0.717) is 0 Å². The zero-order chi connectivity index (χ0) is 52.8. The molecule has 0 saturated carbocycles. The highest BCUT2D eigenvalue weighted by Gasteiger charge is 2.24. The van der Waals surface area contributed by atoms with E-state index in [1.54, 1.807) is 0 Å². The average molecular weight is 998 g/mol. The first kappa shape index (κ1) is 57.4. The highest BCUT2D eigenvalue weighted by molar-refractivity contribution is 6.03. The molecule has 0 atom stereocenters. The number of unbranched alkanes of at least 4 members (excludes halogenated alkanes) is 8. The number of anilines is 8. The maximum Gasteiger partial charge on any atom is 0.0480 e. The summed E-state index contributed by atoms with van der Waals surface area (Å²) < 4.78 is 0. The van der Waals surface area contributed by atoms with Gasteiger partial charge in [-0.25, -0.2) is 0 Å². The van der Waals surface area contributed by atoms with Gasteiger partial charge >= 0.3 is 0 Å². The van der Waals surface area contributed by atoms with Crippen LogP contribution in [0.15, 0.2) is 109 Å². The molecule has 6 rings (SSSR count). The van der Waals surface area contributed by atoms with E-state index in [2.05, 4.69) is 179 Å². The fraction of sp³-hybridized carbons (Fsp3) is 0.471. The normalized spacial score (nSPS) is 11.4. The van der Waals surface area contributed by atoms with Gasteiger partial charge in [0, 0.05) is 93.9 Å². The molecule has 6 nitrogen and oxygen atoms in total. The summed E-state index contributed by atoms with van der Waals surface area (Å²) in [5.41, 5.74) is 42.2. The highest BCUT2D eigenvalue weighted by Crippen LogP contribution is 2.48. The van der Waals surface area contributed by atoms with Crippen LogP contribution in [0.25, 0.3) is 33.4 Å². The molecule has 0 heterocycles. The number of hydrogen-bond donors (Lipinski definition) is 3. The van der Waals surface area contributed by atoms with Gasteiger partial charge < -0.3 is 31.9 Å². The van der Waals surface area contributed by atoms with Gasteiger partial charge in [-0.2, -0.15) is 0 Å². The molecule has 0 fully saturated rings. The molecule has 0 aromatic heterocycles. The molecule has 0 bridgehead atoms. The minimum atomic E-state index is 0.726. The first-order valence-electron chi connectivity index (χ1n) is 29.5. The summed E-state index contributed by atoms with van der Waals surface area (Å²) >= 11 is 0. The van der Waals surface area contributed by atoms with Crippen molar-refractivity contribution in [2.75, 3.05) is 58.1 Å². The molecule has 0 unspecified atom stereocenters. The van der Waals surface area contributed by atoms with Crippen molar-refractivity contribution >= 4 is 45.5 Å². The van der Waals surface area contributed by atoms with E-state index < -0.39 is 0 Å². The standard InChI is InChI=1S/C68H96N6/c1-9-17-25-51-31-43-63(66(69)59(51)27-19-11-3)62-46-45-61(68(71)65(62)64-44-32-52(26-18-10-2)60(67(64)70)28-20-12-4)53-29-33-56(34-30-53)74(57-39-35-54(36-40-57)72(47-21-13-5)48-22-14-6)58-41-37-55(38-42-58)73(49-23-15-7)50-24-16-8/h29-46H,9-28,47-50,69-71H2,1-8H3. The van der Waals surface area contributed by atoms with Crippen molar-refractivity contribution in [1.29, 1.82) is 0 Å². The third-order valence-electron chi connectivity index (χ3n) is 15.4. The molecule has 0 saturated heterocycles. The third-order valence-corrected chi connectivity index (χ3v) is 15.4. The van der Waals surface area contributed by atoms with Crippen LogP contribution in [0.3, 0.4) is 0 Å². The third kappa shape index (κ3) is 14.5. The number of nitrogens with zero attached hydrogens (tertiary/aromatic N) is 3. The Labute approximate surface area is 450 Å². The molecule has 398 valence electrons. The Hall–Kier alpha value is -5.88. The second-order valence-electron chi connectivity index (χ2n) is 21.0. The smallest absolute Gasteiger partial charge is 0.0480 e. The molecule has 0 aliphatic carbocycles. The Morgan fingerprint density at radius 1 is 0.297 bits per heavy atom. The molecule has 6 aromatic carbocycles. The molecule has 6 heteroatoms. The van der Waals surface area contributed by atoms with Gasteiger partial charge in [-0.3, -0.25) is 0 Å². The van der Waals surface area contributed by atoms with Crippen molar-refractivity contribution in [3.63, 3.8) is 0 Å². The molecule has 6 aromatic rings. The van der Waals surface area contributed by atoms with Crippen molar-refractivity contribution in [1.82, 2.24) is 0 Å². The minimum Gasteiger partial charge on any atom is -0.398 e. The lowest BCUT2D eigenvalue weighted by atomic mass is 9.83. The van der Waals surface area contributed by atoms with Gasteiger partial charge in [0.1, 0.15) is 0 Å². The second kappa shape index (κ2) is 29.9. The molecular formula is C68H96N6. The van der Waals surface area contributed by atoms with Gasteiger partial charge in [0.15, 0.2) is 0 Å². The van der Waals surface area contributed by atoms with Crippen LogP contribution in [0, 0.1) is 0 Å². The second-order valence-corrected chi connectivity index (χ2v) is 21.0. The Morgan fingerprint density at radius 3 is 1.03 bits per heavy atom. The number of benzene rings is 6. The van der Waals surface area contributed by atoms with Crippen LogP contribution in [-0.4, -0.2) is 26.2 Å². The summed E-state index contributed by atoms with van der Waals surface area (Å²) in [4.78, 5) is 7.54. The van der Waals surface area contributed by atoms with Gasteiger partial charge in [-0.05, 0) is 171 Å². The van der Waals surface area contributed by atoms with Gasteiger partial charge in [0.25, 0.3) is 0 Å². The van der Waals surface area contributed by atoms with Gasteiger partial charge in [-0.1, -0.05) is 155 Å². The Kier molecular flexibility index (Phi) is 23.2. The van der Waals surface area contributed by atoms with Crippen LogP contribution in [0.2, 0.25) is 0 Å². The SMILES string of the molecule is CCCCc1ccc(-c2ccc(-c3ccc(N(c4ccc(N(CCCC)CCCC)cc4)c4ccc(N(CCCC)CCCC)cc4)cc3)c(N)c2-c2ccc(CCCC)c(CCCC)c2N)c(N)c1CCCC. The van der Waals surface area contributed by atoms with Crippen molar-refractivity contribution in [2.45, 2.75) is 184 Å². The lowest BCUT2D eigenvalue weighted by Gasteiger charge is -2.29. The van der Waals surface area contributed by atoms with Crippen LogP contribution in [0.1, 0.15) is 180 Å². The first-order valence-corrected chi connectivity index (χ1v) is 29.5. The number of nitrogen functional groups attached to an aromatic ring is 3. The predicted octanol–water partition coefficient (Wildman–Crippen LogP) is 19.1. The maximum absolute atomic E-state index is 7.65. The minimum absolute atomic E-state index is 0.726. The summed E-state index contributed by atoms with van der Waals surface area (Å²) in [7, 11) is 0. The van der Waals surface area contributed by atoms with E-state index in [1.807, 2.05) is 0 Å². The Bertz CT molecular complexity index is 2520. The quantitative estimate of drug-likeness (QED) is 0.0365. The van der Waals surface area contributed by atoms with E-state index in [-0.39, 0.29) is 0 Å². The number of rotatable bonds is 32. The number of nitrogens with two attached hydrogens (primary N) is 3. The van der Waals surface area contributed by atoms with E-state index in [1.165, 1.54) is 85.0 Å². The van der Waals surface area contributed by atoms with Crippen molar-refractivity contribution in [3.8, 4) is 33.4 Å². The molecule has 0 aliphatic heterocycles. The monoisotopic (exact) mass is 997 g/mol. The van der Waals surface area contributed by atoms with Gasteiger partial charge in [0.2, 0.25) is 0 Å². The summed E-state index contributed by atoms with van der Waals surface area (Å²) in [5.74, 6) is 0. The zero-order valence-electron chi connectivity index (χ0n) is 47.4. The highest BCUT2D eigenvalue weighted by atomic mass is 15.2. The van der Waals surface area contributed by atoms with Crippen LogP contribution in [0.4, 0.5) is 45.5 Å². The van der Waals surface area contributed by atoms with Crippen LogP contribution in [0.5, 0.6) is 0 Å². The fourth-order valence-electron chi connectivity index (χ4n) is 10.8. The maximum atomic E-state index is 7.65. The van der Waals surface area contributed by atoms with E-state index >= 15 is 0 Å². The summed E-state index contributed by atoms with van der Waals surface area (Å²) in [6.07, 6.45) is 22.5. The Balaban J connectivity index is 1.50. The molecule has 0 aliphatic rings. The van der Waals surface area contributed by atoms with Crippen LogP contribution >= 0.6 is 0 Å². The summed E-state index contributed by atoms with van der Waals surface area (Å²) in [5, 5.41) is 0. The summed E-state index contributed by atoms with van der Waals surface area (Å²) in [6, 6.07) is 41.2. The van der Waals surface area contributed by atoms with Crippen LogP contribution in [-0.2, 0) is 25.7 Å². The Morgan fingerprint density at radius 2 is 0.622 bits per heavy atom. The number of aryl methyl sites for hydroxylation is 2. The molecule has 6 N–H and O–H groups in total.